The van der Waals surface area contributed by atoms with E-state index in [0.29, 0.717) is 12.8 Å². The molecule has 1 saturated carbocycles. The molecule has 6 heteroatoms. The quantitative estimate of drug-likeness (QED) is 0.746. The fourth-order valence-corrected chi connectivity index (χ4v) is 4.23. The molecular weight excluding hydrogens is 280 g/mol. The van der Waals surface area contributed by atoms with Crippen LogP contribution in [0.3, 0.4) is 0 Å². The van der Waals surface area contributed by atoms with Gasteiger partial charge in [-0.05, 0) is 19.8 Å². The van der Waals surface area contributed by atoms with Crippen LogP contribution in [0.15, 0.2) is 12.2 Å². The summed E-state index contributed by atoms with van der Waals surface area (Å²) in [5.74, 6) is -1.96. The van der Waals surface area contributed by atoms with Crippen LogP contribution in [-0.2, 0) is 9.47 Å². The first kappa shape index (κ1) is 14.6. The third-order valence-electron chi connectivity index (χ3n) is 5.23. The van der Waals surface area contributed by atoms with Gasteiger partial charge in [0.2, 0.25) is 11.7 Å². The van der Waals surface area contributed by atoms with Gasteiger partial charge < -0.3 is 9.47 Å². The van der Waals surface area contributed by atoms with E-state index in [1.807, 2.05) is 6.07 Å². The molecule has 1 aliphatic carbocycles. The molecule has 0 amide bonds. The molecule has 22 heavy (non-hydrogen) atoms. The van der Waals surface area contributed by atoms with Gasteiger partial charge in [-0.3, -0.25) is 5.41 Å². The van der Waals surface area contributed by atoms with E-state index in [9.17, 15) is 15.8 Å². The highest BCUT2D eigenvalue weighted by Crippen LogP contribution is 2.65. The molecule has 0 aromatic rings. The normalized spacial score (nSPS) is 41.8. The van der Waals surface area contributed by atoms with Gasteiger partial charge in [0.05, 0.1) is 24.1 Å². The lowest BCUT2D eigenvalue weighted by Gasteiger charge is -2.63. The van der Waals surface area contributed by atoms with E-state index in [2.05, 4.69) is 12.1 Å². The maximum Gasteiger partial charge on any atom is 0.218 e. The van der Waals surface area contributed by atoms with Crippen molar-refractivity contribution in [3.63, 3.8) is 0 Å². The summed E-state index contributed by atoms with van der Waals surface area (Å²) in [6.45, 7) is 1.78. The number of nitrogens with zero attached hydrogens (tertiary/aromatic N) is 3. The van der Waals surface area contributed by atoms with Crippen LogP contribution in [0.5, 0.6) is 0 Å². The lowest BCUT2D eigenvalue weighted by atomic mass is 9.49. The van der Waals surface area contributed by atoms with Crippen molar-refractivity contribution >= 4 is 5.90 Å². The second kappa shape index (κ2) is 4.57. The van der Waals surface area contributed by atoms with Crippen LogP contribution in [-0.4, -0.2) is 17.8 Å². The Labute approximate surface area is 129 Å². The number of allylic oxidation sites excluding steroid dienone is 1. The Morgan fingerprint density at radius 3 is 2.55 bits per heavy atom. The number of nitrogens with one attached hydrogen (secondary N) is 1. The minimum absolute atomic E-state index is 0.314. The topological polar surface area (TPSA) is 114 Å². The molecule has 0 aromatic heterocycles. The van der Waals surface area contributed by atoms with E-state index in [4.69, 9.17) is 14.9 Å². The van der Waals surface area contributed by atoms with Crippen LogP contribution in [0.1, 0.15) is 32.6 Å². The first-order chi connectivity index (χ1) is 10.6. The van der Waals surface area contributed by atoms with Gasteiger partial charge in [-0.15, -0.1) is 0 Å². The Balaban J connectivity index is 2.32. The second-order valence-electron chi connectivity index (χ2n) is 6.06. The number of hydrogen-bond acceptors (Lipinski definition) is 6. The molecule has 4 rings (SSSR count). The van der Waals surface area contributed by atoms with Crippen LogP contribution in [0.2, 0.25) is 0 Å². The zero-order valence-electron chi connectivity index (χ0n) is 12.3. The molecule has 2 bridgehead atoms. The van der Waals surface area contributed by atoms with Crippen LogP contribution in [0.4, 0.5) is 0 Å². The van der Waals surface area contributed by atoms with E-state index in [1.54, 1.807) is 19.1 Å². The van der Waals surface area contributed by atoms with Crippen LogP contribution >= 0.6 is 0 Å². The minimum atomic E-state index is -1.72. The molecule has 1 spiro atoms. The maximum absolute atomic E-state index is 9.84. The fraction of sp³-hybridized carbons (Fsp3) is 0.625. The van der Waals surface area contributed by atoms with Crippen molar-refractivity contribution in [3.05, 3.63) is 12.2 Å². The Hall–Kier alpha value is -2.36. The summed E-state index contributed by atoms with van der Waals surface area (Å²) in [6.07, 6.45) is 5.35. The third kappa shape index (κ3) is 1.33. The molecule has 0 radical (unpaired) electrons. The Bertz CT molecular complexity index is 666. The zero-order chi connectivity index (χ0) is 16.0. The van der Waals surface area contributed by atoms with Crippen molar-refractivity contribution < 1.29 is 9.47 Å². The van der Waals surface area contributed by atoms with Gasteiger partial charge >= 0.3 is 0 Å². The number of fused-ring (bicyclic) bond motifs is 2. The highest BCUT2D eigenvalue weighted by atomic mass is 16.7. The van der Waals surface area contributed by atoms with Crippen LogP contribution in [0, 0.1) is 56.2 Å². The summed E-state index contributed by atoms with van der Waals surface area (Å²) in [5.41, 5.74) is -3.34. The Morgan fingerprint density at radius 2 is 1.95 bits per heavy atom. The molecule has 3 saturated heterocycles. The summed E-state index contributed by atoms with van der Waals surface area (Å²) < 4.78 is 11.8. The van der Waals surface area contributed by atoms with Crippen LogP contribution < -0.4 is 0 Å². The molecular formula is C16H16N4O2. The average molecular weight is 296 g/mol. The minimum Gasteiger partial charge on any atom is -0.447 e. The molecule has 1 N–H and O–H groups in total. The first-order valence-electron chi connectivity index (χ1n) is 7.39. The summed E-state index contributed by atoms with van der Waals surface area (Å²) in [5, 5.41) is 37.8. The van der Waals surface area contributed by atoms with E-state index in [1.165, 1.54) is 0 Å². The predicted molar refractivity (Wildman–Crippen MR) is 74.9 cm³/mol. The van der Waals surface area contributed by atoms with Crippen molar-refractivity contribution in [3.8, 4) is 18.2 Å². The number of ether oxygens (including phenoxy) is 2. The fourth-order valence-electron chi connectivity index (χ4n) is 4.23. The molecule has 4 atom stereocenters. The highest BCUT2D eigenvalue weighted by molar-refractivity contribution is 5.89. The summed E-state index contributed by atoms with van der Waals surface area (Å²) in [4.78, 5) is 0. The Kier molecular flexibility index (Phi) is 3.02. The lowest BCUT2D eigenvalue weighted by molar-refractivity contribution is -0.347. The highest BCUT2D eigenvalue weighted by Gasteiger charge is 2.79. The monoisotopic (exact) mass is 296 g/mol. The second-order valence-corrected chi connectivity index (χ2v) is 6.06. The molecule has 6 nitrogen and oxygen atoms in total. The van der Waals surface area contributed by atoms with Gasteiger partial charge in [0, 0.05) is 6.42 Å². The van der Waals surface area contributed by atoms with Gasteiger partial charge in [0.25, 0.3) is 0 Å². The summed E-state index contributed by atoms with van der Waals surface area (Å²) in [7, 11) is 0. The van der Waals surface area contributed by atoms with E-state index < -0.39 is 28.6 Å². The number of hydrogen-bond donors (Lipinski definition) is 1. The predicted octanol–water partition coefficient (Wildman–Crippen LogP) is 2.40. The maximum atomic E-state index is 9.84. The van der Waals surface area contributed by atoms with Crippen LogP contribution in [0.25, 0.3) is 0 Å². The van der Waals surface area contributed by atoms with Gasteiger partial charge in [-0.1, -0.05) is 18.6 Å². The smallest absolute Gasteiger partial charge is 0.218 e. The van der Waals surface area contributed by atoms with Crippen molar-refractivity contribution in [2.75, 3.05) is 0 Å². The Morgan fingerprint density at radius 1 is 1.23 bits per heavy atom. The molecule has 3 aliphatic heterocycles. The molecule has 0 aromatic carbocycles. The van der Waals surface area contributed by atoms with E-state index in [0.717, 1.165) is 12.8 Å². The van der Waals surface area contributed by atoms with E-state index >= 15 is 0 Å². The molecule has 4 aliphatic rings. The van der Waals surface area contributed by atoms with Gasteiger partial charge in [-0.25, -0.2) is 0 Å². The lowest BCUT2D eigenvalue weighted by Crippen LogP contribution is -2.75. The van der Waals surface area contributed by atoms with E-state index in [-0.39, 0.29) is 5.90 Å². The number of nitriles is 3. The summed E-state index contributed by atoms with van der Waals surface area (Å²) in [6, 6.07) is 6.21. The standard InChI is InChI=1S/C16H16N4O2/c1-2-5-12-15(10-19)13(20)22-16(21-12)7-4-3-6-11(16)14(15,8-17)9-18/h2,5,11-12,20H,3-4,6-7H2,1H3/b5-2+,20-13?/t11-,12-,15+,16+/m0/s1. The van der Waals surface area contributed by atoms with Crippen molar-refractivity contribution in [1.82, 2.24) is 0 Å². The summed E-state index contributed by atoms with van der Waals surface area (Å²) >= 11 is 0. The van der Waals surface area contributed by atoms with Gasteiger partial charge in [0.15, 0.2) is 10.8 Å². The van der Waals surface area contributed by atoms with Crippen molar-refractivity contribution in [2.24, 2.45) is 16.7 Å². The largest absolute Gasteiger partial charge is 0.447 e. The molecule has 3 heterocycles. The number of rotatable bonds is 1. The van der Waals surface area contributed by atoms with Crippen molar-refractivity contribution in [1.29, 1.82) is 21.2 Å². The molecule has 4 fully saturated rings. The molecule has 112 valence electrons. The van der Waals surface area contributed by atoms with Crippen molar-refractivity contribution in [2.45, 2.75) is 44.5 Å². The molecule has 0 unspecified atom stereocenters. The first-order valence-corrected chi connectivity index (χ1v) is 7.39. The third-order valence-corrected chi connectivity index (χ3v) is 5.23. The SMILES string of the molecule is C/C=C/[C@@H]1O[C@@]23CCCC[C@H]2C(C#N)(C#N)[C@@]1(C#N)C(=N)O3. The van der Waals surface area contributed by atoms with Gasteiger partial charge in [0.1, 0.15) is 6.10 Å². The average Bonchev–Trinajstić information content (AvgIpc) is 2.53. The van der Waals surface area contributed by atoms with Gasteiger partial charge in [-0.2, -0.15) is 15.8 Å². The zero-order valence-corrected chi connectivity index (χ0v) is 12.3.